The molecule has 5 heteroatoms. The Labute approximate surface area is 127 Å². The summed E-state index contributed by atoms with van der Waals surface area (Å²) >= 11 is 0. The predicted octanol–water partition coefficient (Wildman–Crippen LogP) is 2.59. The van der Waals surface area contributed by atoms with Crippen molar-refractivity contribution in [3.63, 3.8) is 0 Å². The van der Waals surface area contributed by atoms with E-state index in [1.807, 2.05) is 12.1 Å². The van der Waals surface area contributed by atoms with Crippen molar-refractivity contribution in [3.8, 4) is 0 Å². The molecule has 2 rings (SSSR count). The fraction of sp³-hybridized carbons (Fsp3) is 0.625. The number of sulfonamides is 1. The molecule has 1 aliphatic rings. The van der Waals surface area contributed by atoms with Crippen LogP contribution in [0.25, 0.3) is 0 Å². The van der Waals surface area contributed by atoms with Gasteiger partial charge in [0.05, 0.1) is 11.0 Å². The molecule has 1 fully saturated rings. The van der Waals surface area contributed by atoms with Gasteiger partial charge in [0.25, 0.3) is 0 Å². The zero-order valence-electron chi connectivity index (χ0n) is 13.0. The Hall–Kier alpha value is -0.910. The van der Waals surface area contributed by atoms with Crippen molar-refractivity contribution in [2.45, 2.75) is 50.0 Å². The van der Waals surface area contributed by atoms with Crippen molar-refractivity contribution in [1.82, 2.24) is 4.31 Å². The zero-order chi connectivity index (χ0) is 15.6. The van der Waals surface area contributed by atoms with Gasteiger partial charge in [-0.3, -0.25) is 0 Å². The molecular weight excluding hydrogens is 286 g/mol. The van der Waals surface area contributed by atoms with Gasteiger partial charge >= 0.3 is 0 Å². The smallest absolute Gasteiger partial charge is 0.242 e. The maximum absolute atomic E-state index is 12.5. The van der Waals surface area contributed by atoms with Crippen LogP contribution >= 0.6 is 0 Å². The average Bonchev–Trinajstić information content (AvgIpc) is 2.44. The van der Waals surface area contributed by atoms with Gasteiger partial charge in [-0.2, -0.15) is 0 Å². The average molecular weight is 311 g/mol. The van der Waals surface area contributed by atoms with Crippen molar-refractivity contribution in [2.75, 3.05) is 13.6 Å². The summed E-state index contributed by atoms with van der Waals surface area (Å²) in [5.41, 5.74) is 1.17. The molecule has 21 heavy (non-hydrogen) atoms. The molecule has 1 N–H and O–H groups in total. The lowest BCUT2D eigenvalue weighted by atomic mass is 9.82. The highest BCUT2D eigenvalue weighted by Crippen LogP contribution is 2.29. The Morgan fingerprint density at radius 3 is 2.33 bits per heavy atom. The third kappa shape index (κ3) is 3.65. The normalized spacial score (nSPS) is 23.9. The number of benzene rings is 1. The quantitative estimate of drug-likeness (QED) is 0.878. The van der Waals surface area contributed by atoms with Crippen molar-refractivity contribution in [2.24, 2.45) is 5.92 Å². The molecule has 0 radical (unpaired) electrons. The monoisotopic (exact) mass is 311 g/mol. The number of nitrogens with zero attached hydrogens (tertiary/aromatic N) is 1. The van der Waals surface area contributed by atoms with Crippen LogP contribution in [-0.2, 0) is 10.0 Å². The summed E-state index contributed by atoms with van der Waals surface area (Å²) in [4.78, 5) is 0.344. The molecule has 1 unspecified atom stereocenters. The van der Waals surface area contributed by atoms with Gasteiger partial charge in [-0.25, -0.2) is 12.7 Å². The van der Waals surface area contributed by atoms with E-state index < -0.39 is 10.0 Å². The first-order valence-electron chi connectivity index (χ1n) is 7.59. The molecule has 0 aromatic heterocycles. The van der Waals surface area contributed by atoms with E-state index in [0.29, 0.717) is 30.2 Å². The third-order valence-electron chi connectivity index (χ3n) is 4.50. The molecule has 1 aromatic rings. The summed E-state index contributed by atoms with van der Waals surface area (Å²) < 4.78 is 26.4. The van der Waals surface area contributed by atoms with Crippen LogP contribution in [0.2, 0.25) is 0 Å². The van der Waals surface area contributed by atoms with Crippen LogP contribution in [-0.4, -0.2) is 37.5 Å². The maximum Gasteiger partial charge on any atom is 0.242 e. The van der Waals surface area contributed by atoms with E-state index >= 15 is 0 Å². The Balaban J connectivity index is 2.07. The Bertz CT molecular complexity index is 562. The van der Waals surface area contributed by atoms with Gasteiger partial charge in [-0.1, -0.05) is 26.0 Å². The summed E-state index contributed by atoms with van der Waals surface area (Å²) in [7, 11) is -1.81. The first kappa shape index (κ1) is 16.5. The molecule has 0 heterocycles. The van der Waals surface area contributed by atoms with E-state index in [0.717, 1.165) is 6.42 Å². The second kappa shape index (κ2) is 6.46. The molecular formula is C16H25NO3S. The summed E-state index contributed by atoms with van der Waals surface area (Å²) in [5, 5.41) is 9.29. The molecule has 1 aliphatic carbocycles. The van der Waals surface area contributed by atoms with E-state index in [1.54, 1.807) is 19.2 Å². The van der Waals surface area contributed by atoms with Gasteiger partial charge < -0.3 is 5.11 Å². The van der Waals surface area contributed by atoms with Gasteiger partial charge in [0.1, 0.15) is 0 Å². The van der Waals surface area contributed by atoms with Gasteiger partial charge in [0.15, 0.2) is 0 Å². The highest BCUT2D eigenvalue weighted by Gasteiger charge is 2.31. The molecule has 0 saturated heterocycles. The predicted molar refractivity (Wildman–Crippen MR) is 83.7 cm³/mol. The van der Waals surface area contributed by atoms with Crippen LogP contribution in [0.3, 0.4) is 0 Å². The fourth-order valence-corrected chi connectivity index (χ4v) is 3.94. The number of rotatable bonds is 6. The number of hydrogen-bond donors (Lipinski definition) is 1. The van der Waals surface area contributed by atoms with Gasteiger partial charge in [-0.05, 0) is 48.8 Å². The van der Waals surface area contributed by atoms with Crippen LogP contribution in [0.5, 0.6) is 0 Å². The molecule has 118 valence electrons. The summed E-state index contributed by atoms with van der Waals surface area (Å²) in [6.07, 6.45) is 2.19. The van der Waals surface area contributed by atoms with Crippen molar-refractivity contribution in [3.05, 3.63) is 29.8 Å². The summed E-state index contributed by atoms with van der Waals surface area (Å²) in [6.45, 7) is 4.74. The minimum atomic E-state index is -3.43. The topological polar surface area (TPSA) is 57.6 Å². The maximum atomic E-state index is 12.5. The molecule has 4 nitrogen and oxygen atoms in total. The Kier molecular flexibility index (Phi) is 5.07. The van der Waals surface area contributed by atoms with Crippen molar-refractivity contribution >= 4 is 10.0 Å². The number of aliphatic hydroxyl groups is 1. The first-order chi connectivity index (χ1) is 9.84. The number of hydrogen-bond acceptors (Lipinski definition) is 3. The van der Waals surface area contributed by atoms with E-state index in [4.69, 9.17) is 0 Å². The van der Waals surface area contributed by atoms with Crippen molar-refractivity contribution < 1.29 is 13.5 Å². The van der Waals surface area contributed by atoms with E-state index in [9.17, 15) is 13.5 Å². The molecule has 0 bridgehead atoms. The van der Waals surface area contributed by atoms with E-state index in [-0.39, 0.29) is 12.0 Å². The lowest BCUT2D eigenvalue weighted by Gasteiger charge is -2.34. The minimum Gasteiger partial charge on any atom is -0.393 e. The first-order valence-corrected chi connectivity index (χ1v) is 9.03. The summed E-state index contributed by atoms with van der Waals surface area (Å²) in [6, 6.07) is 7.20. The van der Waals surface area contributed by atoms with Crippen LogP contribution in [0.1, 0.15) is 44.6 Å². The van der Waals surface area contributed by atoms with E-state index in [2.05, 4.69) is 13.8 Å². The largest absolute Gasteiger partial charge is 0.393 e. The van der Waals surface area contributed by atoms with Crippen LogP contribution < -0.4 is 0 Å². The zero-order valence-corrected chi connectivity index (χ0v) is 13.8. The highest BCUT2D eigenvalue weighted by molar-refractivity contribution is 7.89. The molecule has 0 amide bonds. The lowest BCUT2D eigenvalue weighted by molar-refractivity contribution is 0.0367. The summed E-state index contributed by atoms with van der Waals surface area (Å²) in [5.74, 6) is 0.718. The standard InChI is InChI=1S/C16H25NO3S/c1-4-12(2)14-5-7-16(8-6-14)21(19,20)17(3)11-13-9-15(18)10-13/h5-8,12-13,15,18H,4,9-11H2,1-3H3. The third-order valence-corrected chi connectivity index (χ3v) is 6.33. The Morgan fingerprint density at radius 2 is 1.86 bits per heavy atom. The van der Waals surface area contributed by atoms with Crippen LogP contribution in [0.4, 0.5) is 0 Å². The molecule has 1 atom stereocenters. The van der Waals surface area contributed by atoms with Crippen LogP contribution in [0.15, 0.2) is 29.2 Å². The van der Waals surface area contributed by atoms with Gasteiger partial charge in [-0.15, -0.1) is 0 Å². The van der Waals surface area contributed by atoms with Crippen LogP contribution in [0, 0.1) is 5.92 Å². The number of aliphatic hydroxyl groups excluding tert-OH is 1. The Morgan fingerprint density at radius 1 is 1.29 bits per heavy atom. The molecule has 0 aliphatic heterocycles. The molecule has 0 spiro atoms. The highest BCUT2D eigenvalue weighted by atomic mass is 32.2. The second-order valence-corrected chi connectivity index (χ2v) is 8.20. The molecule has 1 saturated carbocycles. The van der Waals surface area contributed by atoms with Gasteiger partial charge in [0, 0.05) is 13.6 Å². The van der Waals surface area contributed by atoms with E-state index in [1.165, 1.54) is 9.87 Å². The molecule has 1 aromatic carbocycles. The van der Waals surface area contributed by atoms with Gasteiger partial charge in [0.2, 0.25) is 10.0 Å². The lowest BCUT2D eigenvalue weighted by Crippen LogP contribution is -2.39. The minimum absolute atomic E-state index is 0.249. The van der Waals surface area contributed by atoms with Crippen molar-refractivity contribution in [1.29, 1.82) is 0 Å². The SMILES string of the molecule is CCC(C)c1ccc(S(=O)(=O)N(C)CC2CC(O)C2)cc1. The second-order valence-electron chi connectivity index (χ2n) is 6.16. The fourth-order valence-electron chi connectivity index (χ4n) is 2.70.